The van der Waals surface area contributed by atoms with Crippen molar-refractivity contribution in [3.05, 3.63) is 65.5 Å². The van der Waals surface area contributed by atoms with E-state index in [1.54, 1.807) is 6.92 Å². The number of imide groups is 1. The van der Waals surface area contributed by atoms with Gasteiger partial charge in [0.25, 0.3) is 5.91 Å². The number of benzene rings is 2. The highest BCUT2D eigenvalue weighted by Gasteiger charge is 2.51. The lowest BCUT2D eigenvalue weighted by molar-refractivity contribution is -0.134. The number of hydrogen-bond donors (Lipinski definition) is 2. The quantitative estimate of drug-likeness (QED) is 0.770. The number of nitrogens with zero attached hydrogens (tertiary/aromatic N) is 1. The van der Waals surface area contributed by atoms with Crippen LogP contribution in [0.4, 0.5) is 23.7 Å². The van der Waals surface area contributed by atoms with E-state index < -0.39 is 53.1 Å². The molecular weight excluding hydrogens is 375 g/mol. The van der Waals surface area contributed by atoms with Gasteiger partial charge in [-0.1, -0.05) is 19.1 Å². The molecule has 1 saturated heterocycles. The van der Waals surface area contributed by atoms with Gasteiger partial charge in [-0.2, -0.15) is 0 Å². The number of urea groups is 1. The summed E-state index contributed by atoms with van der Waals surface area (Å²) in [5.41, 5.74) is -1.47. The molecule has 1 heterocycles. The maximum atomic E-state index is 13.7. The highest BCUT2D eigenvalue weighted by Crippen LogP contribution is 2.32. The van der Waals surface area contributed by atoms with Gasteiger partial charge in [-0.3, -0.25) is 14.5 Å². The van der Waals surface area contributed by atoms with Gasteiger partial charge in [-0.05, 0) is 36.2 Å². The fourth-order valence-corrected chi connectivity index (χ4v) is 3.07. The molecular formula is C19H16F3N3O3. The zero-order valence-corrected chi connectivity index (χ0v) is 14.8. The Hall–Kier alpha value is -3.36. The summed E-state index contributed by atoms with van der Waals surface area (Å²) in [6.45, 7) is 0.969. The Labute approximate surface area is 158 Å². The van der Waals surface area contributed by atoms with Crippen LogP contribution in [0, 0.1) is 17.5 Å². The van der Waals surface area contributed by atoms with Crippen LogP contribution < -0.4 is 10.6 Å². The van der Waals surface area contributed by atoms with E-state index in [0.717, 1.165) is 30.3 Å². The Morgan fingerprint density at radius 1 is 1.07 bits per heavy atom. The number of rotatable bonds is 5. The van der Waals surface area contributed by atoms with Gasteiger partial charge < -0.3 is 10.6 Å². The topological polar surface area (TPSA) is 78.5 Å². The lowest BCUT2D eigenvalue weighted by Gasteiger charge is -2.25. The monoisotopic (exact) mass is 391 g/mol. The SMILES string of the molecule is CC[C@]1(c2ccc(F)cc2)NC(=O)N(CC(=O)Nc2cc(F)ccc2F)C1=O. The lowest BCUT2D eigenvalue weighted by Crippen LogP contribution is -2.44. The Morgan fingerprint density at radius 3 is 2.36 bits per heavy atom. The van der Waals surface area contributed by atoms with Gasteiger partial charge in [0.1, 0.15) is 29.5 Å². The van der Waals surface area contributed by atoms with Crippen molar-refractivity contribution in [3.63, 3.8) is 0 Å². The first-order valence-electron chi connectivity index (χ1n) is 8.42. The number of amides is 4. The van der Waals surface area contributed by atoms with E-state index in [4.69, 9.17) is 0 Å². The molecule has 0 aliphatic carbocycles. The Balaban J connectivity index is 1.80. The first-order chi connectivity index (χ1) is 13.3. The van der Waals surface area contributed by atoms with Crippen molar-refractivity contribution in [2.45, 2.75) is 18.9 Å². The van der Waals surface area contributed by atoms with Crippen molar-refractivity contribution in [2.75, 3.05) is 11.9 Å². The molecule has 2 aromatic carbocycles. The summed E-state index contributed by atoms with van der Waals surface area (Å²) in [4.78, 5) is 38.1. The van der Waals surface area contributed by atoms with E-state index in [1.165, 1.54) is 12.1 Å². The highest BCUT2D eigenvalue weighted by molar-refractivity contribution is 6.10. The molecule has 0 spiro atoms. The average molecular weight is 391 g/mol. The molecule has 6 nitrogen and oxygen atoms in total. The van der Waals surface area contributed by atoms with Crippen molar-refractivity contribution in [3.8, 4) is 0 Å². The van der Waals surface area contributed by atoms with Gasteiger partial charge in [0.2, 0.25) is 5.91 Å². The zero-order valence-electron chi connectivity index (χ0n) is 14.8. The van der Waals surface area contributed by atoms with Gasteiger partial charge in [-0.25, -0.2) is 18.0 Å². The average Bonchev–Trinajstić information content (AvgIpc) is 2.90. The molecule has 1 atom stereocenters. The van der Waals surface area contributed by atoms with Crippen LogP contribution in [0.5, 0.6) is 0 Å². The van der Waals surface area contributed by atoms with E-state index in [1.807, 2.05) is 0 Å². The largest absolute Gasteiger partial charge is 0.325 e. The second-order valence-electron chi connectivity index (χ2n) is 6.26. The summed E-state index contributed by atoms with van der Waals surface area (Å²) in [6, 6.07) is 6.78. The summed E-state index contributed by atoms with van der Waals surface area (Å²) in [5, 5.41) is 4.68. The Bertz CT molecular complexity index is 949. The molecule has 0 radical (unpaired) electrons. The van der Waals surface area contributed by atoms with E-state index in [9.17, 15) is 27.6 Å². The zero-order chi connectivity index (χ0) is 20.5. The predicted molar refractivity (Wildman–Crippen MR) is 93.6 cm³/mol. The summed E-state index contributed by atoms with van der Waals surface area (Å²) < 4.78 is 40.1. The summed E-state index contributed by atoms with van der Waals surface area (Å²) in [6.07, 6.45) is 0.167. The molecule has 0 saturated carbocycles. The number of halogens is 3. The molecule has 1 aliphatic rings. The molecule has 2 N–H and O–H groups in total. The van der Waals surface area contributed by atoms with Crippen molar-refractivity contribution >= 4 is 23.5 Å². The number of anilines is 1. The fourth-order valence-electron chi connectivity index (χ4n) is 3.07. The summed E-state index contributed by atoms with van der Waals surface area (Å²) in [7, 11) is 0. The molecule has 1 fully saturated rings. The normalized spacial score (nSPS) is 18.9. The second-order valence-corrected chi connectivity index (χ2v) is 6.26. The third-order valence-electron chi connectivity index (χ3n) is 4.55. The van der Waals surface area contributed by atoms with E-state index in [-0.39, 0.29) is 6.42 Å². The van der Waals surface area contributed by atoms with Crippen LogP contribution in [0.1, 0.15) is 18.9 Å². The highest BCUT2D eigenvalue weighted by atomic mass is 19.1. The molecule has 0 unspecified atom stereocenters. The van der Waals surface area contributed by atoms with E-state index in [2.05, 4.69) is 10.6 Å². The molecule has 0 bridgehead atoms. The molecule has 3 rings (SSSR count). The number of carbonyl (C=O) groups is 3. The maximum Gasteiger partial charge on any atom is 0.325 e. The predicted octanol–water partition coefficient (Wildman–Crippen LogP) is 2.90. The summed E-state index contributed by atoms with van der Waals surface area (Å²) in [5.74, 6) is -3.69. The van der Waals surface area contributed by atoms with Crippen molar-refractivity contribution in [1.29, 1.82) is 0 Å². The molecule has 0 aromatic heterocycles. The van der Waals surface area contributed by atoms with Crippen molar-refractivity contribution < 1.29 is 27.6 Å². The number of hydrogen-bond acceptors (Lipinski definition) is 3. The smallest absolute Gasteiger partial charge is 0.322 e. The Morgan fingerprint density at radius 2 is 1.71 bits per heavy atom. The summed E-state index contributed by atoms with van der Waals surface area (Å²) >= 11 is 0. The second kappa shape index (κ2) is 7.34. The number of carbonyl (C=O) groups excluding carboxylic acids is 3. The molecule has 28 heavy (non-hydrogen) atoms. The third-order valence-corrected chi connectivity index (χ3v) is 4.55. The van der Waals surface area contributed by atoms with Crippen LogP contribution in [-0.2, 0) is 15.1 Å². The minimum atomic E-state index is -1.44. The number of nitrogens with one attached hydrogen (secondary N) is 2. The molecule has 1 aliphatic heterocycles. The van der Waals surface area contributed by atoms with Crippen molar-refractivity contribution in [2.24, 2.45) is 0 Å². The molecule has 146 valence electrons. The van der Waals surface area contributed by atoms with Gasteiger partial charge in [0.15, 0.2) is 0 Å². The third kappa shape index (κ3) is 3.42. The first-order valence-corrected chi connectivity index (χ1v) is 8.42. The first kappa shape index (κ1) is 19.4. The van der Waals surface area contributed by atoms with E-state index in [0.29, 0.717) is 10.5 Å². The molecule has 4 amide bonds. The van der Waals surface area contributed by atoms with Crippen LogP contribution in [0.25, 0.3) is 0 Å². The van der Waals surface area contributed by atoms with Crippen LogP contribution in [0.2, 0.25) is 0 Å². The van der Waals surface area contributed by atoms with Gasteiger partial charge in [0, 0.05) is 6.07 Å². The van der Waals surface area contributed by atoms with Crippen LogP contribution >= 0.6 is 0 Å². The maximum absolute atomic E-state index is 13.7. The minimum absolute atomic E-state index is 0.167. The molecule has 2 aromatic rings. The van der Waals surface area contributed by atoms with Crippen LogP contribution in [0.3, 0.4) is 0 Å². The van der Waals surface area contributed by atoms with Crippen LogP contribution in [-0.4, -0.2) is 29.3 Å². The van der Waals surface area contributed by atoms with Gasteiger partial charge in [-0.15, -0.1) is 0 Å². The standard InChI is InChI=1S/C19H16F3N3O3/c1-2-19(11-3-5-12(20)6-4-11)17(27)25(18(28)24-19)10-16(26)23-15-9-13(21)7-8-14(15)22/h3-9H,2,10H2,1H3,(H,23,26)(H,24,28)/t19-/m1/s1. The molecule has 9 heteroatoms. The van der Waals surface area contributed by atoms with Gasteiger partial charge >= 0.3 is 6.03 Å². The Kier molecular flexibility index (Phi) is 5.08. The lowest BCUT2D eigenvalue weighted by atomic mass is 9.87. The van der Waals surface area contributed by atoms with Crippen molar-refractivity contribution in [1.82, 2.24) is 10.2 Å². The van der Waals surface area contributed by atoms with Gasteiger partial charge in [0.05, 0.1) is 5.69 Å². The fraction of sp³-hybridized carbons (Fsp3) is 0.211. The minimum Gasteiger partial charge on any atom is -0.322 e. The van der Waals surface area contributed by atoms with E-state index >= 15 is 0 Å². The van der Waals surface area contributed by atoms with Crippen LogP contribution in [0.15, 0.2) is 42.5 Å².